The van der Waals surface area contributed by atoms with E-state index in [0.717, 1.165) is 0 Å². The predicted molar refractivity (Wildman–Crippen MR) is 145 cm³/mol. The van der Waals surface area contributed by atoms with Crippen LogP contribution in [-0.4, -0.2) is 33.5 Å². The number of ether oxygens (including phenoxy) is 2. The Morgan fingerprint density at radius 2 is 1.30 bits per heavy atom. The molecule has 3 aromatic rings. The number of aromatic hydroxyl groups is 2. The van der Waals surface area contributed by atoms with Crippen LogP contribution in [0.1, 0.15) is 27.0 Å². The van der Waals surface area contributed by atoms with Gasteiger partial charge in [-0.25, -0.2) is 4.79 Å². The van der Waals surface area contributed by atoms with Crippen molar-refractivity contribution in [2.75, 3.05) is 0 Å². The third-order valence-electron chi connectivity index (χ3n) is 5.03. The summed E-state index contributed by atoms with van der Waals surface area (Å²) in [5.41, 5.74) is 1.27. The van der Waals surface area contributed by atoms with Crippen LogP contribution in [0.3, 0.4) is 0 Å². The summed E-state index contributed by atoms with van der Waals surface area (Å²) in [5.74, 6) is 0.616. The van der Waals surface area contributed by atoms with E-state index in [-0.39, 0.29) is 28.9 Å². The van der Waals surface area contributed by atoms with Crippen LogP contribution in [-0.2, 0) is 10.3 Å². The molecule has 0 aliphatic carbocycles. The van der Waals surface area contributed by atoms with E-state index in [1.807, 2.05) is 57.3 Å². The van der Waals surface area contributed by atoms with Crippen molar-refractivity contribution < 1.29 is 24.5 Å². The molecule has 2 aliphatic heterocycles. The highest BCUT2D eigenvalue weighted by atomic mass is 127. The number of hydrogen-bond acceptors (Lipinski definition) is 5. The van der Waals surface area contributed by atoms with Gasteiger partial charge in [-0.3, -0.25) is 0 Å². The van der Waals surface area contributed by atoms with Gasteiger partial charge < -0.3 is 19.7 Å². The largest absolute Gasteiger partial charge is 0.506 e. The summed E-state index contributed by atoms with van der Waals surface area (Å²) in [6, 6.07) is 10.9. The van der Waals surface area contributed by atoms with Crippen LogP contribution in [0.4, 0.5) is 0 Å². The number of carbonyl (C=O) groups excluding carboxylic acids is 1. The van der Waals surface area contributed by atoms with E-state index < -0.39 is 11.6 Å². The summed E-state index contributed by atoms with van der Waals surface area (Å²) >= 11 is 8.17. The second-order valence-electron chi connectivity index (χ2n) is 6.51. The first kappa shape index (κ1) is 23.2. The molecular weight excluding hydrogens is 855 g/mol. The first-order valence-electron chi connectivity index (χ1n) is 8.21. The fourth-order valence-electron chi connectivity index (χ4n) is 3.77. The number of fused-ring (bicyclic) bond motifs is 6. The van der Waals surface area contributed by atoms with Gasteiger partial charge in [-0.05, 0) is 109 Å². The fourth-order valence-corrected chi connectivity index (χ4v) is 7.35. The molecule has 2 aliphatic rings. The van der Waals surface area contributed by atoms with Crippen LogP contribution < -0.4 is 4.74 Å². The van der Waals surface area contributed by atoms with Gasteiger partial charge in [0.2, 0.25) is 0 Å². The number of esters is 1. The van der Waals surface area contributed by atoms with Crippen molar-refractivity contribution in [1.29, 1.82) is 0 Å². The maximum Gasteiger partial charge on any atom is 0.340 e. The minimum absolute atomic E-state index is 0. The highest BCUT2D eigenvalue weighted by Crippen LogP contribution is 2.60. The number of halogens is 4. The standard InChI is InChI=1S/C20H8I4O5.Al/c21-11-5-9-17(13(23)15(11)25)28-18-10(6-12(22)16(26)14(18)24)20(9)8-4-2-1-3-7(8)19(27)29-20;/h1-6,25-26H;. The zero-order chi connectivity index (χ0) is 20.7. The van der Waals surface area contributed by atoms with E-state index in [1.165, 1.54) is 0 Å². The summed E-state index contributed by atoms with van der Waals surface area (Å²) < 4.78 is 14.6. The fraction of sp³-hybridized carbons (Fsp3) is 0.0500. The van der Waals surface area contributed by atoms with Gasteiger partial charge in [-0.2, -0.15) is 0 Å². The minimum atomic E-state index is -1.22. The zero-order valence-corrected chi connectivity index (χ0v) is 24.5. The third-order valence-corrected chi connectivity index (χ3v) is 8.68. The van der Waals surface area contributed by atoms with E-state index in [0.29, 0.717) is 48.0 Å². The van der Waals surface area contributed by atoms with Crippen LogP contribution >= 0.6 is 90.4 Å². The Labute approximate surface area is 236 Å². The van der Waals surface area contributed by atoms with Crippen molar-refractivity contribution in [2.45, 2.75) is 5.60 Å². The van der Waals surface area contributed by atoms with E-state index in [2.05, 4.69) is 45.2 Å². The van der Waals surface area contributed by atoms with E-state index in [4.69, 9.17) is 9.47 Å². The SMILES string of the molecule is O=C1OC2(c3ccccc31)c1cc(I)c(O)c(I)c1Oc1c2cc(I)c(O)c1I.[Al]. The van der Waals surface area contributed by atoms with Gasteiger partial charge in [0.1, 0.15) is 11.5 Å². The molecule has 0 aromatic heterocycles. The molecule has 10 heteroatoms. The molecule has 0 bridgehead atoms. The molecule has 0 saturated heterocycles. The molecule has 2 heterocycles. The normalized spacial score (nSPS) is 14.9. The summed E-state index contributed by atoms with van der Waals surface area (Å²) in [5, 5.41) is 21.0. The second-order valence-corrected chi connectivity index (χ2v) is 11.0. The van der Waals surface area contributed by atoms with Gasteiger partial charge in [0, 0.05) is 22.9 Å². The maximum absolute atomic E-state index is 12.9. The van der Waals surface area contributed by atoms with Gasteiger partial charge in [0.15, 0.2) is 17.1 Å². The number of rotatable bonds is 0. The smallest absolute Gasteiger partial charge is 0.340 e. The maximum atomic E-state index is 12.9. The summed E-state index contributed by atoms with van der Waals surface area (Å²) in [7, 11) is 0. The van der Waals surface area contributed by atoms with Crippen molar-refractivity contribution in [3.05, 3.63) is 72.9 Å². The monoisotopic (exact) mass is 863 g/mol. The predicted octanol–water partition coefficient (Wildman–Crippen LogP) is 5.70. The molecule has 1 spiro atoms. The van der Waals surface area contributed by atoms with Crippen LogP contribution in [0.5, 0.6) is 23.0 Å². The Balaban J connectivity index is 0.00000218. The molecule has 0 atom stereocenters. The molecule has 5 rings (SSSR count). The molecule has 3 aromatic carbocycles. The molecule has 0 saturated carbocycles. The quantitative estimate of drug-likeness (QED) is 0.173. The molecule has 0 fully saturated rings. The van der Waals surface area contributed by atoms with Crippen LogP contribution in [0, 0.1) is 14.3 Å². The Kier molecular flexibility index (Phi) is 6.24. The highest BCUT2D eigenvalue weighted by molar-refractivity contribution is 14.1. The molecule has 0 amide bonds. The van der Waals surface area contributed by atoms with Crippen LogP contribution in [0.25, 0.3) is 0 Å². The van der Waals surface area contributed by atoms with Gasteiger partial charge in [-0.15, -0.1) is 0 Å². The summed E-state index contributed by atoms with van der Waals surface area (Å²) in [6.45, 7) is 0. The molecule has 149 valence electrons. The number of carbonyl (C=O) groups is 1. The van der Waals surface area contributed by atoms with Crippen molar-refractivity contribution in [1.82, 2.24) is 0 Å². The molecule has 0 unspecified atom stereocenters. The summed E-state index contributed by atoms with van der Waals surface area (Å²) in [4.78, 5) is 12.9. The highest BCUT2D eigenvalue weighted by Gasteiger charge is 2.55. The molecular formula is C20H8AlI4O5. The topological polar surface area (TPSA) is 76.0 Å². The first-order chi connectivity index (χ1) is 13.8. The van der Waals surface area contributed by atoms with E-state index in [9.17, 15) is 15.0 Å². The Morgan fingerprint density at radius 3 is 1.83 bits per heavy atom. The third kappa shape index (κ3) is 3.03. The summed E-state index contributed by atoms with van der Waals surface area (Å²) in [6.07, 6.45) is 0. The molecule has 30 heavy (non-hydrogen) atoms. The average molecular weight is 863 g/mol. The Morgan fingerprint density at radius 1 is 0.800 bits per heavy atom. The van der Waals surface area contributed by atoms with Crippen LogP contribution in [0.2, 0.25) is 0 Å². The first-order valence-corrected chi connectivity index (χ1v) is 12.5. The van der Waals surface area contributed by atoms with Gasteiger partial charge in [-0.1, -0.05) is 18.2 Å². The zero-order valence-electron chi connectivity index (χ0n) is 14.7. The number of phenols is 2. The van der Waals surface area contributed by atoms with Crippen molar-refractivity contribution in [2.24, 2.45) is 0 Å². The van der Waals surface area contributed by atoms with Gasteiger partial charge >= 0.3 is 5.97 Å². The van der Waals surface area contributed by atoms with Gasteiger partial charge in [0.25, 0.3) is 0 Å². The minimum Gasteiger partial charge on any atom is -0.506 e. The van der Waals surface area contributed by atoms with E-state index >= 15 is 0 Å². The number of hydrogen-bond donors (Lipinski definition) is 2. The Hall–Kier alpha value is -0.0175. The van der Waals surface area contributed by atoms with E-state index in [1.54, 1.807) is 24.3 Å². The lowest BCUT2D eigenvalue weighted by Crippen LogP contribution is -2.34. The molecule has 5 nitrogen and oxygen atoms in total. The molecule has 2 N–H and O–H groups in total. The molecule has 3 radical (unpaired) electrons. The lowest BCUT2D eigenvalue weighted by molar-refractivity contribution is 0.0222. The van der Waals surface area contributed by atoms with Crippen molar-refractivity contribution >= 4 is 114 Å². The number of phenolic OH excluding ortho intramolecular Hbond substituents is 2. The lowest BCUT2D eigenvalue weighted by Gasteiger charge is -2.37. The van der Waals surface area contributed by atoms with Crippen LogP contribution in [0.15, 0.2) is 36.4 Å². The Bertz CT molecular complexity index is 1200. The van der Waals surface area contributed by atoms with Crippen molar-refractivity contribution in [3.63, 3.8) is 0 Å². The average Bonchev–Trinajstić information content (AvgIpc) is 3.00. The van der Waals surface area contributed by atoms with Crippen molar-refractivity contribution in [3.8, 4) is 23.0 Å². The number of benzene rings is 3. The lowest BCUT2D eigenvalue weighted by atomic mass is 9.77. The van der Waals surface area contributed by atoms with Gasteiger partial charge in [0.05, 0.1) is 31.0 Å². The second kappa shape index (κ2) is 8.08.